The third-order valence-electron chi connectivity index (χ3n) is 3.05. The smallest absolute Gasteiger partial charge is 0.148 e. The molecule has 0 aliphatic heterocycles. The second kappa shape index (κ2) is 5.02. The molecule has 0 aliphatic rings. The molecule has 2 heterocycles. The SMILES string of the molecule is CCc1nn(C)c(CNc2cc(C)n(C)n2)c1Cl. The van der Waals surface area contributed by atoms with Gasteiger partial charge in [0.15, 0.2) is 0 Å². The molecule has 0 saturated carbocycles. The minimum Gasteiger partial charge on any atom is -0.363 e. The second-order valence-electron chi connectivity index (χ2n) is 4.33. The van der Waals surface area contributed by atoms with Gasteiger partial charge in [-0.3, -0.25) is 9.36 Å². The van der Waals surface area contributed by atoms with Crippen LogP contribution < -0.4 is 5.32 Å². The van der Waals surface area contributed by atoms with E-state index in [1.807, 2.05) is 43.4 Å². The van der Waals surface area contributed by atoms with Crippen LogP contribution in [0.5, 0.6) is 0 Å². The van der Waals surface area contributed by atoms with E-state index in [2.05, 4.69) is 15.5 Å². The lowest BCUT2D eigenvalue weighted by atomic mass is 10.3. The summed E-state index contributed by atoms with van der Waals surface area (Å²) in [6.45, 7) is 4.69. The molecule has 2 rings (SSSR count). The van der Waals surface area contributed by atoms with Crippen LogP contribution in [-0.4, -0.2) is 19.6 Å². The molecule has 0 aromatic carbocycles. The molecule has 0 amide bonds. The number of nitrogens with zero attached hydrogens (tertiary/aromatic N) is 4. The maximum atomic E-state index is 6.28. The number of rotatable bonds is 4. The van der Waals surface area contributed by atoms with Crippen molar-refractivity contribution in [1.82, 2.24) is 19.6 Å². The topological polar surface area (TPSA) is 47.7 Å². The summed E-state index contributed by atoms with van der Waals surface area (Å²) in [4.78, 5) is 0. The normalized spacial score (nSPS) is 10.9. The highest BCUT2D eigenvalue weighted by molar-refractivity contribution is 6.31. The van der Waals surface area contributed by atoms with Gasteiger partial charge in [-0.25, -0.2) is 0 Å². The molecule has 0 aliphatic carbocycles. The zero-order valence-corrected chi connectivity index (χ0v) is 11.9. The monoisotopic (exact) mass is 267 g/mol. The molecular formula is C12H18ClN5. The number of hydrogen-bond acceptors (Lipinski definition) is 3. The van der Waals surface area contributed by atoms with Gasteiger partial charge in [-0.2, -0.15) is 10.2 Å². The Kier molecular flexibility index (Phi) is 3.61. The lowest BCUT2D eigenvalue weighted by molar-refractivity contribution is 0.703. The molecule has 2 aromatic rings. The summed E-state index contributed by atoms with van der Waals surface area (Å²) in [6, 6.07) is 2.00. The van der Waals surface area contributed by atoms with E-state index in [0.717, 1.165) is 34.3 Å². The largest absolute Gasteiger partial charge is 0.363 e. The molecule has 0 radical (unpaired) electrons. The van der Waals surface area contributed by atoms with E-state index in [0.29, 0.717) is 6.54 Å². The fourth-order valence-corrected chi connectivity index (χ4v) is 2.19. The fourth-order valence-electron chi connectivity index (χ4n) is 1.83. The highest BCUT2D eigenvalue weighted by Gasteiger charge is 2.13. The van der Waals surface area contributed by atoms with Crippen LogP contribution in [0.3, 0.4) is 0 Å². The van der Waals surface area contributed by atoms with E-state index in [-0.39, 0.29) is 0 Å². The molecule has 98 valence electrons. The average molecular weight is 268 g/mol. The first-order valence-electron chi connectivity index (χ1n) is 5.97. The number of anilines is 1. The minimum absolute atomic E-state index is 0.624. The second-order valence-corrected chi connectivity index (χ2v) is 4.71. The van der Waals surface area contributed by atoms with Crippen molar-refractivity contribution < 1.29 is 0 Å². The van der Waals surface area contributed by atoms with Crippen LogP contribution in [0.1, 0.15) is 24.0 Å². The molecular weight excluding hydrogens is 250 g/mol. The summed E-state index contributed by atoms with van der Waals surface area (Å²) < 4.78 is 3.66. The van der Waals surface area contributed by atoms with Crippen molar-refractivity contribution in [1.29, 1.82) is 0 Å². The maximum Gasteiger partial charge on any atom is 0.148 e. The molecule has 1 N–H and O–H groups in total. The van der Waals surface area contributed by atoms with Crippen molar-refractivity contribution in [3.63, 3.8) is 0 Å². The van der Waals surface area contributed by atoms with Crippen molar-refractivity contribution in [2.75, 3.05) is 5.32 Å². The van der Waals surface area contributed by atoms with Crippen LogP contribution in [0, 0.1) is 6.92 Å². The van der Waals surface area contributed by atoms with Gasteiger partial charge in [-0.1, -0.05) is 18.5 Å². The van der Waals surface area contributed by atoms with E-state index < -0.39 is 0 Å². The number of nitrogens with one attached hydrogen (secondary N) is 1. The number of aryl methyl sites for hydroxylation is 4. The third kappa shape index (κ3) is 2.36. The summed E-state index contributed by atoms with van der Waals surface area (Å²) in [5.74, 6) is 0.852. The standard InChI is InChI=1S/C12H18ClN5/c1-5-9-12(13)10(18(4)15-9)7-14-11-6-8(2)17(3)16-11/h6H,5,7H2,1-4H3,(H,14,16). The Hall–Kier alpha value is -1.49. The van der Waals surface area contributed by atoms with Crippen LogP contribution in [0.25, 0.3) is 0 Å². The predicted molar refractivity (Wildman–Crippen MR) is 72.9 cm³/mol. The van der Waals surface area contributed by atoms with Crippen molar-refractivity contribution in [3.05, 3.63) is 28.2 Å². The third-order valence-corrected chi connectivity index (χ3v) is 3.49. The number of aromatic nitrogens is 4. The van der Waals surface area contributed by atoms with Crippen LogP contribution in [0.4, 0.5) is 5.82 Å². The Morgan fingerprint density at radius 3 is 2.50 bits per heavy atom. The van der Waals surface area contributed by atoms with E-state index in [1.54, 1.807) is 0 Å². The first kappa shape index (κ1) is 13.0. The average Bonchev–Trinajstić information content (AvgIpc) is 2.78. The molecule has 0 atom stereocenters. The first-order valence-corrected chi connectivity index (χ1v) is 6.35. The minimum atomic E-state index is 0.624. The van der Waals surface area contributed by atoms with Crippen LogP contribution in [0.15, 0.2) is 6.07 Å². The van der Waals surface area contributed by atoms with E-state index >= 15 is 0 Å². The predicted octanol–water partition coefficient (Wildman–Crippen LogP) is 2.29. The quantitative estimate of drug-likeness (QED) is 0.925. The maximum absolute atomic E-state index is 6.28. The Labute approximate surface area is 112 Å². The van der Waals surface area contributed by atoms with Gasteiger partial charge in [0.05, 0.1) is 23.0 Å². The van der Waals surface area contributed by atoms with E-state index in [9.17, 15) is 0 Å². The molecule has 2 aromatic heterocycles. The van der Waals surface area contributed by atoms with Gasteiger partial charge in [-0.15, -0.1) is 0 Å². The number of hydrogen-bond donors (Lipinski definition) is 1. The molecule has 5 nitrogen and oxygen atoms in total. The van der Waals surface area contributed by atoms with Gasteiger partial charge in [0.1, 0.15) is 5.82 Å². The van der Waals surface area contributed by atoms with Crippen LogP contribution in [-0.2, 0) is 27.1 Å². The molecule has 6 heteroatoms. The fraction of sp³-hybridized carbons (Fsp3) is 0.500. The molecule has 0 unspecified atom stereocenters. The molecule has 0 fully saturated rings. The molecule has 0 saturated heterocycles. The molecule has 18 heavy (non-hydrogen) atoms. The van der Waals surface area contributed by atoms with Gasteiger partial charge in [-0.05, 0) is 13.3 Å². The Bertz CT molecular complexity index is 536. The lowest BCUT2D eigenvalue weighted by Gasteiger charge is -2.04. The number of halogens is 1. The van der Waals surface area contributed by atoms with Crippen LogP contribution >= 0.6 is 11.6 Å². The van der Waals surface area contributed by atoms with E-state index in [1.165, 1.54) is 0 Å². The Balaban J connectivity index is 2.13. The van der Waals surface area contributed by atoms with Gasteiger partial charge in [0.25, 0.3) is 0 Å². The van der Waals surface area contributed by atoms with Gasteiger partial charge in [0, 0.05) is 25.9 Å². The van der Waals surface area contributed by atoms with E-state index in [4.69, 9.17) is 11.6 Å². The highest BCUT2D eigenvalue weighted by atomic mass is 35.5. The van der Waals surface area contributed by atoms with Gasteiger partial charge >= 0.3 is 0 Å². The lowest BCUT2D eigenvalue weighted by Crippen LogP contribution is -2.06. The van der Waals surface area contributed by atoms with Gasteiger partial charge in [0.2, 0.25) is 0 Å². The Morgan fingerprint density at radius 2 is 2.00 bits per heavy atom. The first-order chi connectivity index (χ1) is 8.52. The summed E-state index contributed by atoms with van der Waals surface area (Å²) in [5, 5.41) is 12.7. The summed E-state index contributed by atoms with van der Waals surface area (Å²) in [7, 11) is 3.83. The zero-order valence-electron chi connectivity index (χ0n) is 11.2. The Morgan fingerprint density at radius 1 is 1.28 bits per heavy atom. The van der Waals surface area contributed by atoms with Crippen molar-refractivity contribution in [2.24, 2.45) is 14.1 Å². The van der Waals surface area contributed by atoms with Crippen molar-refractivity contribution in [3.8, 4) is 0 Å². The molecule has 0 spiro atoms. The van der Waals surface area contributed by atoms with Gasteiger partial charge < -0.3 is 5.32 Å². The van der Waals surface area contributed by atoms with Crippen molar-refractivity contribution >= 4 is 17.4 Å². The molecule has 0 bridgehead atoms. The van der Waals surface area contributed by atoms with Crippen molar-refractivity contribution in [2.45, 2.75) is 26.8 Å². The summed E-state index contributed by atoms with van der Waals surface area (Å²) in [6.07, 6.45) is 0.843. The highest BCUT2D eigenvalue weighted by Crippen LogP contribution is 2.21. The zero-order chi connectivity index (χ0) is 13.3. The summed E-state index contributed by atoms with van der Waals surface area (Å²) in [5.41, 5.74) is 3.04. The van der Waals surface area contributed by atoms with Crippen LogP contribution in [0.2, 0.25) is 5.02 Å². The summed E-state index contributed by atoms with van der Waals surface area (Å²) >= 11 is 6.28.